The molecular formula is C24H25N5O2. The van der Waals surface area contributed by atoms with Crippen LogP contribution in [0.15, 0.2) is 42.7 Å². The van der Waals surface area contributed by atoms with Crippen LogP contribution in [-0.2, 0) is 11.2 Å². The molecule has 1 fully saturated rings. The first-order valence-electron chi connectivity index (χ1n) is 10.6. The van der Waals surface area contributed by atoms with Crippen molar-refractivity contribution in [3.05, 3.63) is 59.5 Å². The van der Waals surface area contributed by atoms with Gasteiger partial charge in [0.25, 0.3) is 5.91 Å². The van der Waals surface area contributed by atoms with Crippen LogP contribution in [0.2, 0.25) is 0 Å². The molecule has 0 aliphatic carbocycles. The number of primary amides is 1. The minimum Gasteiger partial charge on any atom is -0.378 e. The number of hydrogen-bond acceptors (Lipinski definition) is 5. The predicted molar refractivity (Wildman–Crippen MR) is 122 cm³/mol. The van der Waals surface area contributed by atoms with Crippen molar-refractivity contribution >= 4 is 33.5 Å². The number of carbonyl (C=O) groups is 1. The third-order valence-corrected chi connectivity index (χ3v) is 6.06. The van der Waals surface area contributed by atoms with E-state index in [0.29, 0.717) is 24.3 Å². The van der Waals surface area contributed by atoms with Crippen molar-refractivity contribution < 1.29 is 9.53 Å². The van der Waals surface area contributed by atoms with E-state index in [9.17, 15) is 4.79 Å². The number of amides is 1. The lowest BCUT2D eigenvalue weighted by atomic mass is 10.0. The Morgan fingerprint density at radius 2 is 1.97 bits per heavy atom. The van der Waals surface area contributed by atoms with Crippen LogP contribution in [0.1, 0.15) is 28.5 Å². The van der Waals surface area contributed by atoms with Crippen LogP contribution in [0.3, 0.4) is 0 Å². The molecule has 1 aliphatic heterocycles. The number of aryl methyl sites for hydroxylation is 1. The number of anilines is 1. The highest BCUT2D eigenvalue weighted by Gasteiger charge is 2.21. The van der Waals surface area contributed by atoms with Gasteiger partial charge in [-0.15, -0.1) is 0 Å². The number of carbonyl (C=O) groups excluding carboxylic acids is 1. The fourth-order valence-corrected chi connectivity index (χ4v) is 4.47. The molecule has 7 nitrogen and oxygen atoms in total. The summed E-state index contributed by atoms with van der Waals surface area (Å²) in [6.45, 7) is 7.08. The summed E-state index contributed by atoms with van der Waals surface area (Å²) in [5, 5.41) is 1.05. The third kappa shape index (κ3) is 3.21. The average molecular weight is 415 g/mol. The fourth-order valence-electron chi connectivity index (χ4n) is 4.47. The van der Waals surface area contributed by atoms with Crippen LogP contribution >= 0.6 is 0 Å². The lowest BCUT2D eigenvalue weighted by Crippen LogP contribution is -2.36. The number of nitrogens with zero attached hydrogens (tertiary/aromatic N) is 4. The maximum Gasteiger partial charge on any atom is 0.251 e. The summed E-state index contributed by atoms with van der Waals surface area (Å²) in [5.74, 6) is -0.476. The molecule has 0 atom stereocenters. The molecule has 158 valence electrons. The SMILES string of the molecule is CCc1nc2ccccc2c(-n2cnc3c(C(N)=O)cc(N4CCOCC4)cc32)c1C. The van der Waals surface area contributed by atoms with Crippen LogP contribution in [-0.4, -0.2) is 46.7 Å². The van der Waals surface area contributed by atoms with Gasteiger partial charge in [-0.05, 0) is 37.1 Å². The number of hydrogen-bond donors (Lipinski definition) is 1. The molecular weight excluding hydrogens is 390 g/mol. The first-order chi connectivity index (χ1) is 15.1. The zero-order valence-electron chi connectivity index (χ0n) is 17.8. The van der Waals surface area contributed by atoms with Gasteiger partial charge in [-0.25, -0.2) is 4.98 Å². The van der Waals surface area contributed by atoms with Crippen molar-refractivity contribution in [1.29, 1.82) is 0 Å². The maximum absolute atomic E-state index is 12.3. The molecule has 0 saturated carbocycles. The molecule has 0 unspecified atom stereocenters. The highest BCUT2D eigenvalue weighted by Crippen LogP contribution is 2.33. The van der Waals surface area contributed by atoms with Crippen molar-refractivity contribution in [2.75, 3.05) is 31.2 Å². The fraction of sp³-hybridized carbons (Fsp3) is 0.292. The second kappa shape index (κ2) is 7.67. The van der Waals surface area contributed by atoms with E-state index in [4.69, 9.17) is 15.5 Å². The van der Waals surface area contributed by atoms with Gasteiger partial charge in [-0.3, -0.25) is 14.3 Å². The minimum atomic E-state index is -0.476. The Morgan fingerprint density at radius 1 is 1.19 bits per heavy atom. The largest absolute Gasteiger partial charge is 0.378 e. The van der Waals surface area contributed by atoms with Crippen LogP contribution < -0.4 is 10.6 Å². The molecule has 0 radical (unpaired) electrons. The zero-order chi connectivity index (χ0) is 21.5. The van der Waals surface area contributed by atoms with E-state index in [-0.39, 0.29) is 0 Å². The van der Waals surface area contributed by atoms with E-state index in [1.807, 2.05) is 24.3 Å². The smallest absolute Gasteiger partial charge is 0.251 e. The van der Waals surface area contributed by atoms with Crippen molar-refractivity contribution in [1.82, 2.24) is 14.5 Å². The summed E-state index contributed by atoms with van der Waals surface area (Å²) in [6.07, 6.45) is 2.62. The molecule has 1 saturated heterocycles. The zero-order valence-corrected chi connectivity index (χ0v) is 17.8. The standard InChI is InChI=1S/C24H25N5O2/c1-3-19-15(2)23(17-6-4-5-7-20(17)27-19)29-14-26-22-18(24(25)30)12-16(13-21(22)29)28-8-10-31-11-9-28/h4-7,12-14H,3,8-11H2,1-2H3,(H2,25,30). The number of ether oxygens (including phenoxy) is 1. The van der Waals surface area contributed by atoms with Crippen molar-refractivity contribution in [3.63, 3.8) is 0 Å². The van der Waals surface area contributed by atoms with Gasteiger partial charge >= 0.3 is 0 Å². The number of pyridine rings is 1. The molecule has 0 spiro atoms. The Labute approximate surface area is 180 Å². The third-order valence-electron chi connectivity index (χ3n) is 6.06. The predicted octanol–water partition coefficient (Wildman–Crippen LogP) is 3.38. The maximum atomic E-state index is 12.3. The Hall–Kier alpha value is -3.45. The Bertz CT molecular complexity index is 1300. The van der Waals surface area contributed by atoms with Gasteiger partial charge in [-0.1, -0.05) is 25.1 Å². The van der Waals surface area contributed by atoms with E-state index in [1.165, 1.54) is 0 Å². The van der Waals surface area contributed by atoms with Crippen LogP contribution in [0, 0.1) is 6.92 Å². The van der Waals surface area contributed by atoms with E-state index in [1.54, 1.807) is 6.33 Å². The van der Waals surface area contributed by atoms with Gasteiger partial charge in [-0.2, -0.15) is 0 Å². The molecule has 0 bridgehead atoms. The topological polar surface area (TPSA) is 86.3 Å². The van der Waals surface area contributed by atoms with Gasteiger partial charge in [0, 0.05) is 29.9 Å². The number of imidazole rings is 1. The highest BCUT2D eigenvalue weighted by molar-refractivity contribution is 6.06. The minimum absolute atomic E-state index is 0.435. The Kier molecular flexibility index (Phi) is 4.82. The first kappa shape index (κ1) is 19.5. The van der Waals surface area contributed by atoms with E-state index >= 15 is 0 Å². The number of fused-ring (bicyclic) bond motifs is 2. The normalized spacial score (nSPS) is 14.5. The summed E-state index contributed by atoms with van der Waals surface area (Å²) in [5.41, 5.74) is 12.8. The van der Waals surface area contributed by atoms with Gasteiger partial charge in [0.05, 0.1) is 35.5 Å². The van der Waals surface area contributed by atoms with Crippen molar-refractivity contribution in [2.45, 2.75) is 20.3 Å². The number of morpholine rings is 1. The number of rotatable bonds is 4. The van der Waals surface area contributed by atoms with E-state index in [2.05, 4.69) is 40.4 Å². The Morgan fingerprint density at radius 3 is 2.71 bits per heavy atom. The summed E-state index contributed by atoms with van der Waals surface area (Å²) in [4.78, 5) is 24.0. The van der Waals surface area contributed by atoms with Gasteiger partial charge in [0.15, 0.2) is 0 Å². The second-order valence-corrected chi connectivity index (χ2v) is 7.84. The first-order valence-corrected chi connectivity index (χ1v) is 10.6. The van der Waals surface area contributed by atoms with Gasteiger partial charge < -0.3 is 15.4 Å². The molecule has 2 aromatic carbocycles. The monoisotopic (exact) mass is 415 g/mol. The molecule has 7 heteroatoms. The summed E-state index contributed by atoms with van der Waals surface area (Å²) in [6, 6.07) is 12.1. The molecule has 3 heterocycles. The second-order valence-electron chi connectivity index (χ2n) is 7.84. The van der Waals surface area contributed by atoms with Gasteiger partial charge in [0.1, 0.15) is 11.8 Å². The lowest BCUT2D eigenvalue weighted by Gasteiger charge is -2.29. The average Bonchev–Trinajstić information content (AvgIpc) is 3.22. The molecule has 1 amide bonds. The lowest BCUT2D eigenvalue weighted by molar-refractivity contribution is 0.100. The van der Waals surface area contributed by atoms with Crippen molar-refractivity contribution in [3.8, 4) is 5.69 Å². The molecule has 1 aliphatic rings. The molecule has 2 N–H and O–H groups in total. The number of para-hydroxylation sites is 1. The molecule has 4 aromatic rings. The van der Waals surface area contributed by atoms with E-state index < -0.39 is 5.91 Å². The highest BCUT2D eigenvalue weighted by atomic mass is 16.5. The number of benzene rings is 2. The van der Waals surface area contributed by atoms with Crippen LogP contribution in [0.4, 0.5) is 5.69 Å². The Balaban J connectivity index is 1.81. The molecule has 2 aromatic heterocycles. The molecule has 5 rings (SSSR count). The summed E-state index contributed by atoms with van der Waals surface area (Å²) >= 11 is 0. The summed E-state index contributed by atoms with van der Waals surface area (Å²) < 4.78 is 7.57. The quantitative estimate of drug-likeness (QED) is 0.552. The number of nitrogens with two attached hydrogens (primary N) is 1. The molecule has 31 heavy (non-hydrogen) atoms. The van der Waals surface area contributed by atoms with Gasteiger partial charge in [0.2, 0.25) is 0 Å². The summed E-state index contributed by atoms with van der Waals surface area (Å²) in [7, 11) is 0. The van der Waals surface area contributed by atoms with Crippen molar-refractivity contribution in [2.24, 2.45) is 5.73 Å². The van der Waals surface area contributed by atoms with Crippen LogP contribution in [0.5, 0.6) is 0 Å². The number of aromatic nitrogens is 3. The van der Waals surface area contributed by atoms with Crippen LogP contribution in [0.25, 0.3) is 27.6 Å². The van der Waals surface area contributed by atoms with E-state index in [0.717, 1.165) is 58.6 Å².